The number of ether oxygens (including phenoxy) is 1. The Morgan fingerprint density at radius 3 is 2.75 bits per heavy atom. The Bertz CT molecular complexity index is 123. The average molecular weight is 168 g/mol. The van der Waals surface area contributed by atoms with Gasteiger partial charge < -0.3 is 4.74 Å². The fourth-order valence-corrected chi connectivity index (χ4v) is 1.67. The summed E-state index contributed by atoms with van der Waals surface area (Å²) in [6.45, 7) is 3.13. The lowest BCUT2D eigenvalue weighted by atomic mass is 10.1. The molecule has 12 heavy (non-hydrogen) atoms. The Hall–Kier alpha value is -0.460. The average Bonchev–Trinajstić information content (AvgIpc) is 2.57. The van der Waals surface area contributed by atoms with Crippen molar-refractivity contribution in [3.63, 3.8) is 0 Å². The summed E-state index contributed by atoms with van der Waals surface area (Å²) in [4.78, 5) is 0. The molecule has 0 atom stereocenters. The summed E-state index contributed by atoms with van der Waals surface area (Å²) in [5, 5.41) is 0. The van der Waals surface area contributed by atoms with Crippen molar-refractivity contribution in [3.05, 3.63) is 12.3 Å². The van der Waals surface area contributed by atoms with E-state index in [9.17, 15) is 0 Å². The highest BCUT2D eigenvalue weighted by Gasteiger charge is 2.14. The van der Waals surface area contributed by atoms with Gasteiger partial charge in [-0.3, -0.25) is 0 Å². The van der Waals surface area contributed by atoms with Crippen LogP contribution in [0.1, 0.15) is 45.4 Å². The lowest BCUT2D eigenvalue weighted by Crippen LogP contribution is -2.01. The van der Waals surface area contributed by atoms with Crippen LogP contribution in [0.2, 0.25) is 0 Å². The number of hydrogen-bond donors (Lipinski definition) is 0. The molecule has 0 unspecified atom stereocenters. The molecular weight excluding hydrogens is 148 g/mol. The molecule has 0 aliphatic heterocycles. The summed E-state index contributed by atoms with van der Waals surface area (Å²) in [6.07, 6.45) is 11.9. The maximum Gasteiger partial charge on any atom is 0.0901 e. The highest BCUT2D eigenvalue weighted by molar-refractivity contribution is 4.74. The van der Waals surface area contributed by atoms with E-state index in [-0.39, 0.29) is 0 Å². The number of hydrogen-bond acceptors (Lipinski definition) is 1. The molecule has 1 rings (SSSR count). The molecule has 0 heterocycles. The van der Waals surface area contributed by atoms with E-state index >= 15 is 0 Å². The molecule has 1 aliphatic rings. The minimum atomic E-state index is 0.844. The third-order valence-electron chi connectivity index (χ3n) is 2.45. The van der Waals surface area contributed by atoms with Crippen LogP contribution in [0.4, 0.5) is 0 Å². The van der Waals surface area contributed by atoms with E-state index in [0.717, 1.165) is 18.9 Å². The van der Waals surface area contributed by atoms with Crippen molar-refractivity contribution in [2.24, 2.45) is 5.92 Å². The molecule has 0 aromatic rings. The first kappa shape index (κ1) is 9.63. The van der Waals surface area contributed by atoms with E-state index < -0.39 is 0 Å². The van der Waals surface area contributed by atoms with Gasteiger partial charge >= 0.3 is 0 Å². The predicted octanol–water partition coefficient (Wildman–Crippen LogP) is 3.51. The van der Waals surface area contributed by atoms with E-state index in [2.05, 4.69) is 13.0 Å². The molecule has 0 radical (unpaired) electrons. The second-order valence-electron chi connectivity index (χ2n) is 3.64. The molecule has 1 nitrogen and oxygen atoms in total. The quantitative estimate of drug-likeness (QED) is 0.571. The topological polar surface area (TPSA) is 9.23 Å². The molecule has 1 heteroatoms. The Balaban J connectivity index is 1.94. The first-order valence-electron chi connectivity index (χ1n) is 5.20. The molecule has 1 fully saturated rings. The van der Waals surface area contributed by atoms with Crippen LogP contribution in [0.3, 0.4) is 0 Å². The van der Waals surface area contributed by atoms with E-state index in [1.165, 1.54) is 32.1 Å². The summed E-state index contributed by atoms with van der Waals surface area (Å²) in [5.41, 5.74) is 0. The smallest absolute Gasteiger partial charge is 0.0901 e. The molecule has 0 N–H and O–H groups in total. The molecule has 0 aromatic carbocycles. The van der Waals surface area contributed by atoms with Crippen molar-refractivity contribution in [1.29, 1.82) is 0 Å². The van der Waals surface area contributed by atoms with Crippen LogP contribution in [-0.2, 0) is 4.74 Å². The van der Waals surface area contributed by atoms with Crippen molar-refractivity contribution in [2.75, 3.05) is 6.61 Å². The summed E-state index contributed by atoms with van der Waals surface area (Å²) in [6, 6.07) is 0. The Kier molecular flexibility index (Phi) is 4.89. The minimum Gasteiger partial charge on any atom is -0.501 e. The molecule has 0 amide bonds. The van der Waals surface area contributed by atoms with Gasteiger partial charge in [0.05, 0.1) is 12.9 Å². The normalized spacial score (nSPS) is 19.1. The monoisotopic (exact) mass is 168 g/mol. The third-order valence-corrected chi connectivity index (χ3v) is 2.45. The largest absolute Gasteiger partial charge is 0.501 e. The fourth-order valence-electron chi connectivity index (χ4n) is 1.67. The lowest BCUT2D eigenvalue weighted by Gasteiger charge is -2.06. The van der Waals surface area contributed by atoms with Gasteiger partial charge in [-0.15, -0.1) is 0 Å². The zero-order valence-electron chi connectivity index (χ0n) is 8.09. The number of allylic oxidation sites excluding steroid dienone is 1. The van der Waals surface area contributed by atoms with Gasteiger partial charge in [0, 0.05) is 0 Å². The summed E-state index contributed by atoms with van der Waals surface area (Å²) < 4.78 is 5.44. The SMILES string of the molecule is CCC/C=C/OCC1CCCC1. The molecule has 70 valence electrons. The standard InChI is InChI=1S/C11H20O/c1-2-3-6-9-12-10-11-7-4-5-8-11/h6,9,11H,2-5,7-8,10H2,1H3/b9-6+. The van der Waals surface area contributed by atoms with Crippen molar-refractivity contribution in [3.8, 4) is 0 Å². The van der Waals surface area contributed by atoms with E-state index in [1.54, 1.807) is 0 Å². The maximum atomic E-state index is 5.44. The van der Waals surface area contributed by atoms with E-state index in [0.29, 0.717) is 0 Å². The molecule has 0 spiro atoms. The minimum absolute atomic E-state index is 0.844. The first-order chi connectivity index (χ1) is 5.93. The van der Waals surface area contributed by atoms with Gasteiger partial charge in [0.15, 0.2) is 0 Å². The maximum absolute atomic E-state index is 5.44. The van der Waals surface area contributed by atoms with Crippen LogP contribution in [-0.4, -0.2) is 6.61 Å². The predicted molar refractivity (Wildman–Crippen MR) is 52.0 cm³/mol. The van der Waals surface area contributed by atoms with Crippen LogP contribution in [0.25, 0.3) is 0 Å². The molecule has 0 saturated heterocycles. The highest BCUT2D eigenvalue weighted by Crippen LogP contribution is 2.24. The van der Waals surface area contributed by atoms with Crippen LogP contribution in [0, 0.1) is 5.92 Å². The van der Waals surface area contributed by atoms with Gasteiger partial charge in [-0.05, 0) is 31.3 Å². The number of rotatable bonds is 5. The van der Waals surface area contributed by atoms with Gasteiger partial charge in [0.25, 0.3) is 0 Å². The highest BCUT2D eigenvalue weighted by atomic mass is 16.5. The van der Waals surface area contributed by atoms with Crippen molar-refractivity contribution in [1.82, 2.24) is 0 Å². The second-order valence-corrected chi connectivity index (χ2v) is 3.64. The van der Waals surface area contributed by atoms with Gasteiger partial charge in [-0.2, -0.15) is 0 Å². The van der Waals surface area contributed by atoms with Gasteiger partial charge in [-0.1, -0.05) is 26.2 Å². The van der Waals surface area contributed by atoms with Crippen LogP contribution < -0.4 is 0 Å². The van der Waals surface area contributed by atoms with Crippen LogP contribution >= 0.6 is 0 Å². The van der Waals surface area contributed by atoms with Crippen molar-refractivity contribution in [2.45, 2.75) is 45.4 Å². The van der Waals surface area contributed by atoms with Gasteiger partial charge in [-0.25, -0.2) is 0 Å². The summed E-state index contributed by atoms with van der Waals surface area (Å²) >= 11 is 0. The van der Waals surface area contributed by atoms with Crippen molar-refractivity contribution < 1.29 is 4.74 Å². The molecule has 1 aliphatic carbocycles. The first-order valence-corrected chi connectivity index (χ1v) is 5.20. The molecule has 0 aromatic heterocycles. The van der Waals surface area contributed by atoms with Gasteiger partial charge in [0.2, 0.25) is 0 Å². The summed E-state index contributed by atoms with van der Waals surface area (Å²) in [7, 11) is 0. The second kappa shape index (κ2) is 6.10. The van der Waals surface area contributed by atoms with E-state index in [4.69, 9.17) is 4.74 Å². The van der Waals surface area contributed by atoms with Crippen molar-refractivity contribution >= 4 is 0 Å². The molecule has 1 saturated carbocycles. The van der Waals surface area contributed by atoms with Crippen LogP contribution in [0.15, 0.2) is 12.3 Å². The van der Waals surface area contributed by atoms with Gasteiger partial charge in [0.1, 0.15) is 0 Å². The molecular formula is C11H20O. The van der Waals surface area contributed by atoms with E-state index in [1.807, 2.05) is 6.26 Å². The lowest BCUT2D eigenvalue weighted by molar-refractivity contribution is 0.196. The van der Waals surface area contributed by atoms with Crippen LogP contribution in [0.5, 0.6) is 0 Å². The Labute approximate surface area is 75.8 Å². The summed E-state index contributed by atoms with van der Waals surface area (Å²) in [5.74, 6) is 0.844. The Morgan fingerprint density at radius 2 is 2.08 bits per heavy atom. The fraction of sp³-hybridized carbons (Fsp3) is 0.818. The Morgan fingerprint density at radius 1 is 1.33 bits per heavy atom. The molecule has 0 bridgehead atoms. The third kappa shape index (κ3) is 3.80. The number of unbranched alkanes of at least 4 members (excludes halogenated alkanes) is 1. The zero-order chi connectivity index (χ0) is 8.65. The zero-order valence-corrected chi connectivity index (χ0v) is 8.09.